The summed E-state index contributed by atoms with van der Waals surface area (Å²) in [4.78, 5) is 50.6. The minimum Gasteiger partial charge on any atom is -0.445 e. The molecule has 0 bridgehead atoms. The Morgan fingerprint density at radius 2 is 1.72 bits per heavy atom. The number of ether oxygens (including phenoxy) is 2. The molecule has 1 aromatic carbocycles. The van der Waals surface area contributed by atoms with Crippen LogP contribution in [0, 0.1) is 11.8 Å². The first kappa shape index (κ1) is 28.8. The highest BCUT2D eigenvalue weighted by Crippen LogP contribution is 2.09. The van der Waals surface area contributed by atoms with Gasteiger partial charge in [0.2, 0.25) is 11.7 Å². The van der Waals surface area contributed by atoms with E-state index in [1.165, 1.54) is 0 Å². The second-order valence-corrected chi connectivity index (χ2v) is 9.22. The molecule has 2 rings (SSSR count). The first-order valence-electron chi connectivity index (χ1n) is 12.1. The summed E-state index contributed by atoms with van der Waals surface area (Å²) in [6, 6.07) is 7.01. The molecule has 1 aromatic heterocycles. The highest BCUT2D eigenvalue weighted by Gasteiger charge is 2.31. The van der Waals surface area contributed by atoms with Crippen LogP contribution in [-0.4, -0.2) is 52.9 Å². The molecule has 0 aliphatic carbocycles. The van der Waals surface area contributed by atoms with Gasteiger partial charge in [-0.2, -0.15) is 4.68 Å². The van der Waals surface area contributed by atoms with Crippen molar-refractivity contribution in [2.24, 2.45) is 11.8 Å². The van der Waals surface area contributed by atoms with Crippen LogP contribution in [0.5, 0.6) is 0 Å². The molecular formula is C25H36N4O7. The van der Waals surface area contributed by atoms with Gasteiger partial charge in [0.05, 0.1) is 13.2 Å². The van der Waals surface area contributed by atoms with Gasteiger partial charge in [0.1, 0.15) is 18.7 Å². The average Bonchev–Trinajstić information content (AvgIpc) is 3.19. The molecule has 0 saturated heterocycles. The Labute approximate surface area is 210 Å². The van der Waals surface area contributed by atoms with Crippen molar-refractivity contribution in [2.45, 2.75) is 66.3 Å². The van der Waals surface area contributed by atoms with Crippen LogP contribution in [0.25, 0.3) is 0 Å². The third-order valence-corrected chi connectivity index (χ3v) is 5.01. The molecule has 2 unspecified atom stereocenters. The normalized spacial score (nSPS) is 12.9. The van der Waals surface area contributed by atoms with Crippen LogP contribution in [0.1, 0.15) is 57.3 Å². The van der Waals surface area contributed by atoms with Gasteiger partial charge in [-0.05, 0) is 30.7 Å². The van der Waals surface area contributed by atoms with Crippen LogP contribution in [0.3, 0.4) is 0 Å². The molecule has 0 aliphatic rings. The van der Waals surface area contributed by atoms with E-state index in [-0.39, 0.29) is 31.6 Å². The minimum atomic E-state index is -1.17. The van der Waals surface area contributed by atoms with Gasteiger partial charge in [0, 0.05) is 6.61 Å². The number of nitrogens with zero attached hydrogens (tertiary/aromatic N) is 2. The van der Waals surface area contributed by atoms with Gasteiger partial charge in [0.25, 0.3) is 5.89 Å². The van der Waals surface area contributed by atoms with Crippen LogP contribution in [0.4, 0.5) is 4.79 Å². The summed E-state index contributed by atoms with van der Waals surface area (Å²) in [5.74, 6) is -2.30. The first-order valence-corrected chi connectivity index (χ1v) is 12.1. The number of Topliss-reactive ketones (excluding diaryl/α,β-unsaturated/α-hetero) is 1. The van der Waals surface area contributed by atoms with E-state index in [0.29, 0.717) is 13.0 Å². The number of ketones is 1. The van der Waals surface area contributed by atoms with Gasteiger partial charge in [-0.15, -0.1) is 5.10 Å². The summed E-state index contributed by atoms with van der Waals surface area (Å²) in [7, 11) is 0. The molecule has 2 atom stereocenters. The number of nitrogens with one attached hydrogen (secondary N) is 2. The van der Waals surface area contributed by atoms with Crippen molar-refractivity contribution in [3.63, 3.8) is 0 Å². The lowest BCUT2D eigenvalue weighted by Crippen LogP contribution is -2.53. The number of amides is 2. The molecule has 2 amide bonds. The van der Waals surface area contributed by atoms with E-state index in [1.54, 1.807) is 6.92 Å². The maximum absolute atomic E-state index is 13.1. The van der Waals surface area contributed by atoms with Gasteiger partial charge < -0.3 is 24.5 Å². The maximum atomic E-state index is 13.1. The lowest BCUT2D eigenvalue weighted by molar-refractivity contribution is -0.124. The Morgan fingerprint density at radius 1 is 1.03 bits per heavy atom. The van der Waals surface area contributed by atoms with Crippen molar-refractivity contribution < 1.29 is 28.3 Å². The second kappa shape index (κ2) is 14.2. The molecule has 2 aromatic rings. The highest BCUT2D eigenvalue weighted by molar-refractivity contribution is 5.99. The summed E-state index contributed by atoms with van der Waals surface area (Å²) < 4.78 is 16.7. The lowest BCUT2D eigenvalue weighted by Gasteiger charge is -2.23. The fourth-order valence-corrected chi connectivity index (χ4v) is 3.32. The number of alkyl carbamates (subject to hydrolysis) is 1. The van der Waals surface area contributed by atoms with Crippen molar-refractivity contribution >= 4 is 17.8 Å². The summed E-state index contributed by atoms with van der Waals surface area (Å²) in [5.41, 5.74) is 0.804. The second-order valence-electron chi connectivity index (χ2n) is 9.22. The number of carbonyl (C=O) groups is 3. The predicted octanol–water partition coefficient (Wildman–Crippen LogP) is 2.54. The smallest absolute Gasteiger partial charge is 0.437 e. The van der Waals surface area contributed by atoms with Crippen molar-refractivity contribution in [2.75, 3.05) is 13.2 Å². The Kier molecular flexibility index (Phi) is 11.3. The molecule has 0 spiro atoms. The number of rotatable bonds is 14. The Bertz CT molecular complexity index is 1050. The molecule has 0 radical (unpaired) electrons. The molecule has 11 nitrogen and oxygen atoms in total. The van der Waals surface area contributed by atoms with E-state index in [1.807, 2.05) is 58.0 Å². The topological polar surface area (TPSA) is 142 Å². The minimum absolute atomic E-state index is 0.0478. The van der Waals surface area contributed by atoms with Crippen LogP contribution in [0.15, 0.2) is 39.5 Å². The van der Waals surface area contributed by atoms with Gasteiger partial charge in [-0.3, -0.25) is 9.59 Å². The van der Waals surface area contributed by atoms with Crippen LogP contribution < -0.4 is 16.4 Å². The van der Waals surface area contributed by atoms with Crippen molar-refractivity contribution in [1.82, 2.24) is 20.4 Å². The number of hydrogen-bond acceptors (Lipinski definition) is 8. The molecule has 11 heteroatoms. The van der Waals surface area contributed by atoms with Crippen LogP contribution in [-0.2, 0) is 27.4 Å². The molecule has 2 N–H and O–H groups in total. The van der Waals surface area contributed by atoms with E-state index in [0.717, 1.165) is 10.2 Å². The summed E-state index contributed by atoms with van der Waals surface area (Å²) in [6.45, 7) is 9.80. The molecule has 198 valence electrons. The summed E-state index contributed by atoms with van der Waals surface area (Å²) in [5, 5.41) is 9.16. The fourth-order valence-electron chi connectivity index (χ4n) is 3.32. The molecular weight excluding hydrogens is 468 g/mol. The zero-order valence-corrected chi connectivity index (χ0v) is 21.5. The Morgan fingerprint density at radius 3 is 2.33 bits per heavy atom. The zero-order valence-electron chi connectivity index (χ0n) is 21.5. The number of carbonyl (C=O) groups excluding carboxylic acids is 3. The number of aromatic nitrogens is 2. The molecule has 1 heterocycles. The highest BCUT2D eigenvalue weighted by atomic mass is 16.5. The summed E-state index contributed by atoms with van der Waals surface area (Å²) >= 11 is 0. The van der Waals surface area contributed by atoms with E-state index in [9.17, 15) is 19.2 Å². The number of benzene rings is 1. The first-order chi connectivity index (χ1) is 17.1. The van der Waals surface area contributed by atoms with Crippen molar-refractivity contribution in [3.8, 4) is 0 Å². The quantitative estimate of drug-likeness (QED) is 0.374. The lowest BCUT2D eigenvalue weighted by atomic mass is 10.0. The fraction of sp³-hybridized carbons (Fsp3) is 0.560. The van der Waals surface area contributed by atoms with E-state index < -0.39 is 41.5 Å². The predicted molar refractivity (Wildman–Crippen MR) is 131 cm³/mol. The van der Waals surface area contributed by atoms with Gasteiger partial charge in [-0.1, -0.05) is 58.0 Å². The van der Waals surface area contributed by atoms with E-state index >= 15 is 0 Å². The third-order valence-electron chi connectivity index (χ3n) is 5.01. The van der Waals surface area contributed by atoms with Crippen LogP contribution >= 0.6 is 0 Å². The molecule has 0 aliphatic heterocycles. The molecule has 36 heavy (non-hydrogen) atoms. The maximum Gasteiger partial charge on any atom is 0.437 e. The monoisotopic (exact) mass is 504 g/mol. The third kappa shape index (κ3) is 9.29. The largest absolute Gasteiger partial charge is 0.445 e. The van der Waals surface area contributed by atoms with E-state index in [2.05, 4.69) is 15.7 Å². The van der Waals surface area contributed by atoms with Crippen LogP contribution in [0.2, 0.25) is 0 Å². The van der Waals surface area contributed by atoms with Crippen molar-refractivity contribution in [1.29, 1.82) is 0 Å². The standard InChI is InChI=1S/C25H36N4O7/c1-6-34-15-20(21(30)23-28-29(13-17(4)5)25(33)36-23)26-22(31)19(12-16(2)3)27-24(32)35-14-18-10-8-7-9-11-18/h7-11,16-17,19-20H,6,12-15H2,1-5H3,(H,26,31)(H,27,32). The summed E-state index contributed by atoms with van der Waals surface area (Å²) in [6.07, 6.45) is -0.453. The zero-order chi connectivity index (χ0) is 26.7. The van der Waals surface area contributed by atoms with Gasteiger partial charge >= 0.3 is 11.8 Å². The van der Waals surface area contributed by atoms with Gasteiger partial charge in [0.15, 0.2) is 0 Å². The Balaban J connectivity index is 2.11. The number of hydrogen-bond donors (Lipinski definition) is 2. The van der Waals surface area contributed by atoms with Crippen molar-refractivity contribution in [3.05, 3.63) is 52.3 Å². The SMILES string of the molecule is CCOCC(NC(=O)C(CC(C)C)NC(=O)OCc1ccccc1)C(=O)c1nn(CC(C)C)c(=O)o1. The van der Waals surface area contributed by atoms with Gasteiger partial charge in [-0.25, -0.2) is 9.59 Å². The molecule has 0 saturated carbocycles. The molecule has 0 fully saturated rings. The van der Waals surface area contributed by atoms with E-state index in [4.69, 9.17) is 13.9 Å². The Hall–Kier alpha value is -3.47. The average molecular weight is 505 g/mol.